The van der Waals surface area contributed by atoms with E-state index in [-0.39, 0.29) is 6.42 Å². The van der Waals surface area contributed by atoms with Gasteiger partial charge in [-0.1, -0.05) is 6.92 Å². The number of thiophene rings is 1. The molecule has 21 heavy (non-hydrogen) atoms. The molecule has 0 radical (unpaired) electrons. The topological polar surface area (TPSA) is 118 Å². The second-order valence-electron chi connectivity index (χ2n) is 4.61. The van der Waals surface area contributed by atoms with Crippen molar-refractivity contribution in [1.82, 2.24) is 9.97 Å². The number of nitrogens with one attached hydrogen (secondary N) is 1. The molecule has 0 fully saturated rings. The fraction of sp³-hybridized carbons (Fsp3) is 0.385. The van der Waals surface area contributed by atoms with Gasteiger partial charge in [0.1, 0.15) is 22.5 Å². The Bertz CT molecular complexity index is 698. The largest absolute Gasteiger partial charge is 0.480 e. The molecular formula is C13H16N4O3S. The summed E-state index contributed by atoms with van der Waals surface area (Å²) in [4.78, 5) is 32.7. The minimum absolute atomic E-state index is 0.301. The fourth-order valence-electron chi connectivity index (χ4n) is 1.93. The van der Waals surface area contributed by atoms with Crippen LogP contribution in [0.4, 0.5) is 5.82 Å². The fourth-order valence-corrected chi connectivity index (χ4v) is 2.94. The second kappa shape index (κ2) is 6.04. The highest BCUT2D eigenvalue weighted by Crippen LogP contribution is 2.29. The highest BCUT2D eigenvalue weighted by atomic mass is 32.1. The maximum Gasteiger partial charge on any atom is 0.326 e. The van der Waals surface area contributed by atoms with Gasteiger partial charge in [-0.3, -0.25) is 4.79 Å². The van der Waals surface area contributed by atoms with Crippen molar-refractivity contribution in [3.8, 4) is 0 Å². The number of primary amides is 1. The van der Waals surface area contributed by atoms with Crippen molar-refractivity contribution in [2.75, 3.05) is 5.32 Å². The lowest BCUT2D eigenvalue weighted by Crippen LogP contribution is -2.34. The average Bonchev–Trinajstić information content (AvgIpc) is 2.80. The minimum atomic E-state index is -1.15. The van der Waals surface area contributed by atoms with Gasteiger partial charge in [-0.05, 0) is 19.4 Å². The Morgan fingerprint density at radius 2 is 2.19 bits per heavy atom. The number of carboxylic acids is 1. The molecular weight excluding hydrogens is 292 g/mol. The summed E-state index contributed by atoms with van der Waals surface area (Å²) in [6.45, 7) is 3.77. The molecule has 2 heterocycles. The number of aromatic nitrogens is 2. The number of carbonyl (C=O) groups excluding carboxylic acids is 1. The molecule has 1 atom stereocenters. The maximum atomic E-state index is 11.2. The van der Waals surface area contributed by atoms with Crippen molar-refractivity contribution in [2.45, 2.75) is 32.7 Å². The van der Waals surface area contributed by atoms with Gasteiger partial charge in [0.15, 0.2) is 0 Å². The van der Waals surface area contributed by atoms with Gasteiger partial charge in [-0.2, -0.15) is 0 Å². The third kappa shape index (κ3) is 3.46. The molecule has 1 amide bonds. The zero-order chi connectivity index (χ0) is 15.6. The lowest BCUT2D eigenvalue weighted by Gasteiger charge is -2.14. The average molecular weight is 308 g/mol. The molecule has 4 N–H and O–H groups in total. The summed E-state index contributed by atoms with van der Waals surface area (Å²) in [6, 6.07) is 0.829. The first-order chi connectivity index (χ1) is 9.90. The number of carboxylic acid groups (broad SMARTS) is 1. The van der Waals surface area contributed by atoms with E-state index in [1.807, 2.05) is 13.0 Å². The number of carbonyl (C=O) groups is 2. The Kier molecular flexibility index (Phi) is 4.37. The van der Waals surface area contributed by atoms with E-state index in [4.69, 9.17) is 10.8 Å². The Labute approximate surface area is 125 Å². The van der Waals surface area contributed by atoms with Crippen LogP contribution in [0.2, 0.25) is 0 Å². The number of fused-ring (bicyclic) bond motifs is 1. The van der Waals surface area contributed by atoms with Crippen LogP contribution in [0.5, 0.6) is 0 Å². The maximum absolute atomic E-state index is 11.2. The predicted octanol–water partition coefficient (Wildman–Crippen LogP) is 1.30. The third-order valence-corrected chi connectivity index (χ3v) is 4.09. The van der Waals surface area contributed by atoms with Crippen LogP contribution >= 0.6 is 11.3 Å². The molecule has 0 bridgehead atoms. The Morgan fingerprint density at radius 1 is 1.48 bits per heavy atom. The van der Waals surface area contributed by atoms with E-state index in [9.17, 15) is 9.59 Å². The summed E-state index contributed by atoms with van der Waals surface area (Å²) in [5, 5.41) is 12.7. The van der Waals surface area contributed by atoms with E-state index in [2.05, 4.69) is 15.3 Å². The molecule has 0 spiro atoms. The normalized spacial score (nSPS) is 12.3. The van der Waals surface area contributed by atoms with Crippen molar-refractivity contribution in [2.24, 2.45) is 5.73 Å². The Morgan fingerprint density at radius 3 is 2.76 bits per heavy atom. The lowest BCUT2D eigenvalue weighted by atomic mass is 10.2. The highest BCUT2D eigenvalue weighted by Gasteiger charge is 2.22. The van der Waals surface area contributed by atoms with Crippen LogP contribution in [0.1, 0.15) is 24.0 Å². The van der Waals surface area contributed by atoms with Gasteiger partial charge in [-0.15, -0.1) is 11.3 Å². The third-order valence-electron chi connectivity index (χ3n) is 2.92. The van der Waals surface area contributed by atoms with E-state index in [1.54, 1.807) is 18.3 Å². The molecule has 0 aromatic carbocycles. The second-order valence-corrected chi connectivity index (χ2v) is 5.73. The minimum Gasteiger partial charge on any atom is -0.480 e. The standard InChI is InChI=1S/C13H16N4O3S/c1-3-7-4-8-11(15-6(2)16-12(8)21-7)17-9(13(19)20)5-10(14)18/h4,9H,3,5H2,1-2H3,(H2,14,18)(H,19,20)(H,15,16,17). The quantitative estimate of drug-likeness (QED) is 0.740. The summed E-state index contributed by atoms with van der Waals surface area (Å²) in [6.07, 6.45) is 0.563. The molecule has 0 aliphatic carbocycles. The van der Waals surface area contributed by atoms with Crippen molar-refractivity contribution in [3.05, 3.63) is 16.8 Å². The summed E-state index contributed by atoms with van der Waals surface area (Å²) in [5.41, 5.74) is 5.08. The summed E-state index contributed by atoms with van der Waals surface area (Å²) < 4.78 is 0. The lowest BCUT2D eigenvalue weighted by molar-refractivity contribution is -0.139. The highest BCUT2D eigenvalue weighted by molar-refractivity contribution is 7.18. The molecule has 8 heteroatoms. The number of nitrogens with two attached hydrogens (primary N) is 1. The van der Waals surface area contributed by atoms with Crippen LogP contribution in [0, 0.1) is 6.92 Å². The molecule has 0 aliphatic rings. The van der Waals surface area contributed by atoms with E-state index >= 15 is 0 Å². The number of rotatable bonds is 6. The number of amides is 1. The van der Waals surface area contributed by atoms with Crippen molar-refractivity contribution in [1.29, 1.82) is 0 Å². The van der Waals surface area contributed by atoms with E-state index in [1.165, 1.54) is 0 Å². The van der Waals surface area contributed by atoms with Crippen molar-refractivity contribution in [3.63, 3.8) is 0 Å². The van der Waals surface area contributed by atoms with Crippen LogP contribution in [0.3, 0.4) is 0 Å². The molecule has 0 aliphatic heterocycles. The van der Waals surface area contributed by atoms with Crippen LogP contribution in [0.15, 0.2) is 6.07 Å². The van der Waals surface area contributed by atoms with Crippen LogP contribution < -0.4 is 11.1 Å². The molecule has 0 saturated heterocycles. The number of hydrogen-bond acceptors (Lipinski definition) is 6. The molecule has 112 valence electrons. The molecule has 0 saturated carbocycles. The van der Waals surface area contributed by atoms with Gasteiger partial charge in [0.05, 0.1) is 11.8 Å². The Balaban J connectivity index is 2.41. The number of nitrogens with zero attached hydrogens (tertiary/aromatic N) is 2. The summed E-state index contributed by atoms with van der Waals surface area (Å²) in [7, 11) is 0. The molecule has 1 unspecified atom stereocenters. The molecule has 2 rings (SSSR count). The van der Waals surface area contributed by atoms with Gasteiger partial charge in [0.25, 0.3) is 0 Å². The first-order valence-electron chi connectivity index (χ1n) is 6.45. The number of aliphatic carboxylic acids is 1. The van der Waals surface area contributed by atoms with Gasteiger partial charge in [-0.25, -0.2) is 14.8 Å². The van der Waals surface area contributed by atoms with Crippen LogP contribution in [-0.4, -0.2) is 33.0 Å². The summed E-state index contributed by atoms with van der Waals surface area (Å²) in [5.74, 6) is -0.875. The predicted molar refractivity (Wildman–Crippen MR) is 80.4 cm³/mol. The van der Waals surface area contributed by atoms with Crippen molar-refractivity contribution < 1.29 is 14.7 Å². The molecule has 2 aromatic heterocycles. The zero-order valence-corrected chi connectivity index (χ0v) is 12.5. The first-order valence-corrected chi connectivity index (χ1v) is 7.27. The van der Waals surface area contributed by atoms with E-state index < -0.39 is 17.9 Å². The van der Waals surface area contributed by atoms with Crippen molar-refractivity contribution >= 4 is 39.2 Å². The molecule has 2 aromatic rings. The van der Waals surface area contributed by atoms with E-state index in [0.29, 0.717) is 11.6 Å². The first kappa shape index (κ1) is 15.2. The SMILES string of the molecule is CCc1cc2c(NC(CC(N)=O)C(=O)O)nc(C)nc2s1. The van der Waals surface area contributed by atoms with Gasteiger partial charge >= 0.3 is 5.97 Å². The van der Waals surface area contributed by atoms with Gasteiger partial charge < -0.3 is 16.2 Å². The zero-order valence-electron chi connectivity index (χ0n) is 11.7. The summed E-state index contributed by atoms with van der Waals surface area (Å²) >= 11 is 1.54. The smallest absolute Gasteiger partial charge is 0.326 e. The number of hydrogen-bond donors (Lipinski definition) is 3. The van der Waals surface area contributed by atoms with Crippen LogP contribution in [0.25, 0.3) is 10.2 Å². The van der Waals surface area contributed by atoms with Crippen LogP contribution in [-0.2, 0) is 16.0 Å². The number of anilines is 1. The van der Waals surface area contributed by atoms with Gasteiger partial charge in [0.2, 0.25) is 5.91 Å². The monoisotopic (exact) mass is 308 g/mol. The van der Waals surface area contributed by atoms with Gasteiger partial charge in [0, 0.05) is 4.88 Å². The molecule has 7 nitrogen and oxygen atoms in total. The van der Waals surface area contributed by atoms with E-state index in [0.717, 1.165) is 21.5 Å². The Hall–Kier alpha value is -2.22. The number of aryl methyl sites for hydroxylation is 2.